The van der Waals surface area contributed by atoms with Crippen LogP contribution in [0.3, 0.4) is 0 Å². The molecule has 0 aliphatic heterocycles. The van der Waals surface area contributed by atoms with Crippen molar-refractivity contribution in [3.05, 3.63) is 131 Å². The summed E-state index contributed by atoms with van der Waals surface area (Å²) in [6.45, 7) is 0. The van der Waals surface area contributed by atoms with Gasteiger partial charge in [0, 0.05) is 0 Å². The maximum absolute atomic E-state index is 11.5. The summed E-state index contributed by atoms with van der Waals surface area (Å²) in [5.74, 6) is 4.87. The summed E-state index contributed by atoms with van der Waals surface area (Å²) in [6, 6.07) is 29.2. The van der Waals surface area contributed by atoms with Crippen molar-refractivity contribution in [1.29, 1.82) is 0 Å². The fourth-order valence-electron chi connectivity index (χ4n) is 4.94. The molecule has 0 bridgehead atoms. The Morgan fingerprint density at radius 2 is 0.952 bits per heavy atom. The van der Waals surface area contributed by atoms with E-state index in [1.165, 1.54) is 44.5 Å². The maximum atomic E-state index is 11.5. The first-order valence-corrected chi connectivity index (χ1v) is 15.9. The smallest absolute Gasteiger partial charge is 0.366 e. The van der Waals surface area contributed by atoms with Gasteiger partial charge in [0.25, 0.3) is 0 Å². The molecule has 0 amide bonds. The van der Waals surface area contributed by atoms with Gasteiger partial charge in [-0.05, 0) is 81.4 Å². The number of unbranched alkanes of at least 4 members (excludes halogenated alkanes) is 1. The van der Waals surface area contributed by atoms with Gasteiger partial charge in [-0.15, -0.1) is 35.4 Å². The zero-order valence-corrected chi connectivity index (χ0v) is 28.8. The fraction of sp³-hybridized carbons (Fsp3) is 0.176. The summed E-state index contributed by atoms with van der Waals surface area (Å²) in [4.78, 5) is 0. The molecule has 4 aromatic carbocycles. The van der Waals surface area contributed by atoms with Gasteiger partial charge in [-0.3, -0.25) is 11.8 Å². The van der Waals surface area contributed by atoms with Crippen LogP contribution in [0.25, 0.3) is 22.3 Å². The van der Waals surface area contributed by atoms with Crippen LogP contribution in [-0.4, -0.2) is 12.3 Å². The molecular weight excluding hydrogens is 940 g/mol. The summed E-state index contributed by atoms with van der Waals surface area (Å²) in [7, 11) is -6.33. The van der Waals surface area contributed by atoms with Crippen LogP contribution in [0, 0.1) is 24.7 Å². The SMILES string of the molecule is F[PH+](F)CCCC[PH+](F)F.[Au+].[Au+].[C-]#Cc1ccc2c(c1)-c1ccccc1C2.[C-]#Cc1ccc2c(c1)Cc1ccccc1-2. The van der Waals surface area contributed by atoms with Crippen molar-refractivity contribution in [1.82, 2.24) is 0 Å². The number of benzene rings is 4. The van der Waals surface area contributed by atoms with Gasteiger partial charge in [0.2, 0.25) is 0 Å². The van der Waals surface area contributed by atoms with Crippen LogP contribution >= 0.6 is 17.1 Å². The number of hydrogen-bond donors (Lipinski definition) is 0. The van der Waals surface area contributed by atoms with Crippen LogP contribution in [0.15, 0.2) is 84.9 Å². The van der Waals surface area contributed by atoms with Gasteiger partial charge in [0.05, 0.1) is 0 Å². The van der Waals surface area contributed by atoms with Gasteiger partial charge in [-0.1, -0.05) is 66.2 Å². The van der Waals surface area contributed by atoms with Gasteiger partial charge in [0.15, 0.2) is 0 Å². The molecule has 0 nitrogen and oxygen atoms in total. The Hall–Kier alpha value is -1.94. The number of rotatable bonds is 5. The van der Waals surface area contributed by atoms with Crippen LogP contribution in [0.1, 0.15) is 46.2 Å². The third kappa shape index (κ3) is 9.79. The first-order valence-electron chi connectivity index (χ1n) is 13.0. The molecule has 0 heterocycles. The second kappa shape index (κ2) is 18.0. The van der Waals surface area contributed by atoms with Gasteiger partial charge >= 0.3 is 61.8 Å². The van der Waals surface area contributed by atoms with Gasteiger partial charge < -0.3 is 12.8 Å². The summed E-state index contributed by atoms with van der Waals surface area (Å²) >= 11 is 0. The molecule has 0 saturated carbocycles. The molecule has 6 rings (SSSR count). The van der Waals surface area contributed by atoms with E-state index in [1.54, 1.807) is 0 Å². The molecule has 8 heteroatoms. The Bertz CT molecular complexity index is 1550. The molecule has 0 saturated heterocycles. The van der Waals surface area contributed by atoms with Crippen LogP contribution in [0.4, 0.5) is 16.8 Å². The van der Waals surface area contributed by atoms with Crippen LogP contribution in [-0.2, 0) is 57.6 Å². The van der Waals surface area contributed by atoms with Crippen molar-refractivity contribution >= 4 is 17.1 Å². The minimum Gasteiger partial charge on any atom is -0.366 e. The minimum atomic E-state index is -3.17. The first kappa shape index (κ1) is 36.3. The standard InChI is InChI=1S/2C15H9.C4H8F4P2.2Au/c1-2-11-7-8-15-13(9-11)10-12-5-3-4-6-14(12)15;1-2-11-7-8-13-10-12-5-3-4-6-14(12)15(13)9-11;5-9(6)3-1-2-4-10(7)8;;/h2*3-9H,10H2;1-4H2;;/q2*-1;;2*+1/p+2. The average Bonchev–Trinajstić information content (AvgIpc) is 3.53. The number of fused-ring (bicyclic) bond motifs is 6. The van der Waals surface area contributed by atoms with Crippen LogP contribution in [0.2, 0.25) is 0 Å². The molecular formula is C34H28Au2F4P2+2. The predicted molar refractivity (Wildman–Crippen MR) is 162 cm³/mol. The maximum Gasteiger partial charge on any atom is 1.00 e. The van der Waals surface area contributed by atoms with Gasteiger partial charge in [-0.2, -0.15) is 0 Å². The van der Waals surface area contributed by atoms with E-state index in [9.17, 15) is 16.8 Å². The van der Waals surface area contributed by atoms with E-state index in [0.29, 0.717) is 0 Å². The van der Waals surface area contributed by atoms with E-state index in [2.05, 4.69) is 78.6 Å². The Morgan fingerprint density at radius 3 is 1.50 bits per heavy atom. The fourth-order valence-corrected chi connectivity index (χ4v) is 5.98. The zero-order valence-electron chi connectivity index (χ0n) is 22.4. The van der Waals surface area contributed by atoms with E-state index >= 15 is 0 Å². The molecule has 0 N–H and O–H groups in total. The normalized spacial score (nSPS) is 11.0. The van der Waals surface area contributed by atoms with Crippen LogP contribution in [0.5, 0.6) is 0 Å². The third-order valence-corrected chi connectivity index (χ3v) is 8.33. The molecule has 4 aromatic rings. The largest absolute Gasteiger partial charge is 1.00 e. The Balaban J connectivity index is 0.000000221. The van der Waals surface area contributed by atoms with E-state index in [1.807, 2.05) is 18.2 Å². The molecule has 42 heavy (non-hydrogen) atoms. The second-order valence-electron chi connectivity index (χ2n) is 9.55. The topological polar surface area (TPSA) is 0 Å². The van der Waals surface area contributed by atoms with Crippen LogP contribution < -0.4 is 0 Å². The zero-order chi connectivity index (χ0) is 28.5. The van der Waals surface area contributed by atoms with E-state index in [4.69, 9.17) is 12.8 Å². The average molecular weight is 968 g/mol. The molecule has 222 valence electrons. The third-order valence-electron chi connectivity index (χ3n) is 6.86. The Morgan fingerprint density at radius 1 is 0.524 bits per heavy atom. The second-order valence-corrected chi connectivity index (χ2v) is 11.9. The molecule has 0 aromatic heterocycles. The predicted octanol–water partition coefficient (Wildman–Crippen LogP) is 10.1. The van der Waals surface area contributed by atoms with Crippen molar-refractivity contribution in [2.45, 2.75) is 25.7 Å². The summed E-state index contributed by atoms with van der Waals surface area (Å²) < 4.78 is 45.9. The van der Waals surface area contributed by atoms with Crippen molar-refractivity contribution in [2.24, 2.45) is 0 Å². The van der Waals surface area contributed by atoms with E-state index in [-0.39, 0.29) is 69.9 Å². The van der Waals surface area contributed by atoms with Crippen molar-refractivity contribution in [3.8, 4) is 34.1 Å². The van der Waals surface area contributed by atoms with Crippen molar-refractivity contribution < 1.29 is 61.5 Å². The monoisotopic (exact) mass is 968 g/mol. The van der Waals surface area contributed by atoms with Gasteiger partial charge in [-0.25, -0.2) is 0 Å². The molecule has 2 aliphatic carbocycles. The molecule has 0 fully saturated rings. The molecule has 0 atom stereocenters. The van der Waals surface area contributed by atoms with E-state index < -0.39 is 17.1 Å². The molecule has 0 spiro atoms. The minimum absolute atomic E-state index is 0. The Labute approximate surface area is 280 Å². The summed E-state index contributed by atoms with van der Waals surface area (Å²) in [5, 5.41) is 0. The van der Waals surface area contributed by atoms with Gasteiger partial charge in [0.1, 0.15) is 12.3 Å². The van der Waals surface area contributed by atoms with Crippen molar-refractivity contribution in [3.63, 3.8) is 0 Å². The molecule has 0 unspecified atom stereocenters. The first-order chi connectivity index (χ1) is 19.4. The Kier molecular flexibility index (Phi) is 15.5. The summed E-state index contributed by atoms with van der Waals surface area (Å²) in [5.41, 5.74) is 12.4. The number of halogens is 4. The molecule has 2 aliphatic rings. The summed E-state index contributed by atoms with van der Waals surface area (Å²) in [6.07, 6.45) is 16.5. The quantitative estimate of drug-likeness (QED) is 0.0404. The van der Waals surface area contributed by atoms with Crippen molar-refractivity contribution in [2.75, 3.05) is 12.3 Å². The van der Waals surface area contributed by atoms with E-state index in [0.717, 1.165) is 24.0 Å². The molecule has 0 radical (unpaired) electrons. The number of hydrogen-bond acceptors (Lipinski definition) is 0.